The van der Waals surface area contributed by atoms with E-state index < -0.39 is 5.97 Å². The highest BCUT2D eigenvalue weighted by molar-refractivity contribution is 5.97. The van der Waals surface area contributed by atoms with Crippen LogP contribution in [-0.4, -0.2) is 44.5 Å². The molecule has 0 spiro atoms. The molecule has 0 aliphatic carbocycles. The molecule has 0 aliphatic rings. The van der Waals surface area contributed by atoms with E-state index in [4.69, 9.17) is 4.74 Å². The summed E-state index contributed by atoms with van der Waals surface area (Å²) in [5.41, 5.74) is 2.94. The molecule has 0 aliphatic heterocycles. The van der Waals surface area contributed by atoms with E-state index in [1.807, 2.05) is 45.2 Å². The minimum Gasteiger partial charge on any atom is -0.462 e. The highest BCUT2D eigenvalue weighted by atomic mass is 16.5. The molecule has 0 bridgehead atoms. The zero-order valence-electron chi connectivity index (χ0n) is 18.6. The number of anilines is 2. The normalized spacial score (nSPS) is 10.5. The zero-order chi connectivity index (χ0) is 22.8. The molecule has 0 radical (unpaired) electrons. The van der Waals surface area contributed by atoms with Crippen LogP contribution in [0.1, 0.15) is 36.7 Å². The molecule has 0 aromatic heterocycles. The fourth-order valence-electron chi connectivity index (χ4n) is 3.02. The van der Waals surface area contributed by atoms with E-state index in [1.165, 1.54) is 0 Å². The molecular formula is C24H31N3O4. The van der Waals surface area contributed by atoms with E-state index in [2.05, 4.69) is 10.6 Å². The van der Waals surface area contributed by atoms with E-state index in [0.717, 1.165) is 11.3 Å². The van der Waals surface area contributed by atoms with Gasteiger partial charge >= 0.3 is 5.97 Å². The molecule has 0 atom stereocenters. The Morgan fingerprint density at radius 1 is 1.00 bits per heavy atom. The number of amides is 2. The second-order valence-corrected chi connectivity index (χ2v) is 7.57. The molecule has 7 nitrogen and oxygen atoms in total. The highest BCUT2D eigenvalue weighted by Crippen LogP contribution is 2.18. The molecule has 31 heavy (non-hydrogen) atoms. The maximum Gasteiger partial charge on any atom is 0.338 e. The Labute approximate surface area is 183 Å². The summed E-state index contributed by atoms with van der Waals surface area (Å²) in [6, 6.07) is 14.3. The van der Waals surface area contributed by atoms with Gasteiger partial charge in [-0.3, -0.25) is 9.59 Å². The number of hydrogen-bond donors (Lipinski definition) is 2. The van der Waals surface area contributed by atoms with Crippen molar-refractivity contribution in [2.45, 2.75) is 27.2 Å². The summed E-state index contributed by atoms with van der Waals surface area (Å²) in [5.74, 6) is -0.593. The van der Waals surface area contributed by atoms with Crippen molar-refractivity contribution < 1.29 is 19.1 Å². The molecule has 0 fully saturated rings. The molecule has 2 rings (SSSR count). The minimum atomic E-state index is -0.397. The highest BCUT2D eigenvalue weighted by Gasteiger charge is 2.18. The number of carbonyl (C=O) groups excluding carboxylic acids is 3. The quantitative estimate of drug-likeness (QED) is 0.571. The predicted octanol–water partition coefficient (Wildman–Crippen LogP) is 3.25. The van der Waals surface area contributed by atoms with Gasteiger partial charge in [-0.2, -0.15) is 0 Å². The van der Waals surface area contributed by atoms with Crippen molar-refractivity contribution >= 4 is 29.2 Å². The van der Waals surface area contributed by atoms with Crippen molar-refractivity contribution in [3.8, 4) is 0 Å². The van der Waals surface area contributed by atoms with Crippen LogP contribution in [-0.2, 0) is 20.7 Å². The monoisotopic (exact) mass is 425 g/mol. The maximum atomic E-state index is 12.9. The lowest BCUT2D eigenvalue weighted by Crippen LogP contribution is -2.42. The lowest BCUT2D eigenvalue weighted by molar-refractivity contribution is -0.124. The topological polar surface area (TPSA) is 87.7 Å². The Balaban J connectivity index is 2.00. The van der Waals surface area contributed by atoms with Crippen molar-refractivity contribution in [2.24, 2.45) is 5.92 Å². The van der Waals surface area contributed by atoms with Gasteiger partial charge in [-0.1, -0.05) is 26.0 Å². The van der Waals surface area contributed by atoms with Gasteiger partial charge in [-0.25, -0.2) is 4.79 Å². The first-order valence-corrected chi connectivity index (χ1v) is 10.4. The van der Waals surface area contributed by atoms with Gasteiger partial charge in [0, 0.05) is 25.0 Å². The molecule has 2 amide bonds. The molecule has 2 aromatic rings. The number of ether oxygens (including phenoxy) is 1. The Bertz CT molecular complexity index is 877. The fourth-order valence-corrected chi connectivity index (χ4v) is 3.02. The van der Waals surface area contributed by atoms with E-state index in [0.29, 0.717) is 24.4 Å². The van der Waals surface area contributed by atoms with Gasteiger partial charge in [-0.15, -0.1) is 0 Å². The molecule has 0 saturated carbocycles. The first kappa shape index (κ1) is 23.9. The Kier molecular flexibility index (Phi) is 9.06. The van der Waals surface area contributed by atoms with Crippen LogP contribution in [0.5, 0.6) is 0 Å². The number of rotatable bonds is 10. The van der Waals surface area contributed by atoms with E-state index in [1.54, 1.807) is 36.1 Å². The summed E-state index contributed by atoms with van der Waals surface area (Å²) >= 11 is 0. The van der Waals surface area contributed by atoms with Gasteiger partial charge in [0.15, 0.2) is 0 Å². The number of hydrogen-bond acceptors (Lipinski definition) is 5. The summed E-state index contributed by atoms with van der Waals surface area (Å²) in [6.07, 6.45) is 0.204. The Hall–Kier alpha value is -3.35. The summed E-state index contributed by atoms with van der Waals surface area (Å²) in [7, 11) is 1.83. The summed E-state index contributed by atoms with van der Waals surface area (Å²) in [5, 5.41) is 5.74. The second-order valence-electron chi connectivity index (χ2n) is 7.57. The van der Waals surface area contributed by atoms with Crippen LogP contribution < -0.4 is 15.5 Å². The smallest absolute Gasteiger partial charge is 0.338 e. The SMILES string of the molecule is CCOC(=O)c1ccc(N(CC(C)C)C(=O)CNC(=O)Cc2ccc(NC)cc2)cc1. The first-order chi connectivity index (χ1) is 14.8. The van der Waals surface area contributed by atoms with Gasteiger partial charge in [0.2, 0.25) is 11.8 Å². The fraction of sp³-hybridized carbons (Fsp3) is 0.375. The van der Waals surface area contributed by atoms with Crippen molar-refractivity contribution in [3.05, 3.63) is 59.7 Å². The van der Waals surface area contributed by atoms with Crippen LogP contribution in [0.4, 0.5) is 11.4 Å². The maximum absolute atomic E-state index is 12.9. The van der Waals surface area contributed by atoms with Crippen LogP contribution in [0, 0.1) is 5.92 Å². The molecule has 0 unspecified atom stereocenters. The number of benzene rings is 2. The molecule has 2 aromatic carbocycles. The van der Waals surface area contributed by atoms with Gasteiger partial charge < -0.3 is 20.3 Å². The molecule has 0 saturated heterocycles. The molecule has 0 heterocycles. The van der Waals surface area contributed by atoms with Crippen molar-refractivity contribution in [1.29, 1.82) is 0 Å². The van der Waals surface area contributed by atoms with E-state index >= 15 is 0 Å². The largest absolute Gasteiger partial charge is 0.462 e. The average molecular weight is 426 g/mol. The third kappa shape index (κ3) is 7.44. The van der Waals surface area contributed by atoms with Gasteiger partial charge in [0.1, 0.15) is 0 Å². The molecule has 2 N–H and O–H groups in total. The second kappa shape index (κ2) is 11.7. The summed E-state index contributed by atoms with van der Waals surface area (Å²) < 4.78 is 5.00. The number of carbonyl (C=O) groups is 3. The van der Waals surface area contributed by atoms with E-state index in [-0.39, 0.29) is 30.7 Å². The molecule has 166 valence electrons. The zero-order valence-corrected chi connectivity index (χ0v) is 18.6. The summed E-state index contributed by atoms with van der Waals surface area (Å²) in [4.78, 5) is 38.6. The number of nitrogens with zero attached hydrogens (tertiary/aromatic N) is 1. The lowest BCUT2D eigenvalue weighted by atomic mass is 10.1. The third-order valence-corrected chi connectivity index (χ3v) is 4.58. The van der Waals surface area contributed by atoms with Crippen LogP contribution in [0.3, 0.4) is 0 Å². The summed E-state index contributed by atoms with van der Waals surface area (Å²) in [6.45, 7) is 6.49. The van der Waals surface area contributed by atoms with Crippen LogP contribution in [0.2, 0.25) is 0 Å². The number of esters is 1. The number of nitrogens with one attached hydrogen (secondary N) is 2. The first-order valence-electron chi connectivity index (χ1n) is 10.4. The van der Waals surface area contributed by atoms with Crippen LogP contribution in [0.15, 0.2) is 48.5 Å². The molecule has 7 heteroatoms. The van der Waals surface area contributed by atoms with E-state index in [9.17, 15) is 14.4 Å². The van der Waals surface area contributed by atoms with Crippen molar-refractivity contribution in [2.75, 3.05) is 37.0 Å². The van der Waals surface area contributed by atoms with Gasteiger partial charge in [0.05, 0.1) is 25.1 Å². The van der Waals surface area contributed by atoms with Gasteiger partial charge in [0.25, 0.3) is 0 Å². The Morgan fingerprint density at radius 2 is 1.65 bits per heavy atom. The predicted molar refractivity (Wildman–Crippen MR) is 122 cm³/mol. The van der Waals surface area contributed by atoms with Crippen LogP contribution >= 0.6 is 0 Å². The third-order valence-electron chi connectivity index (χ3n) is 4.58. The van der Waals surface area contributed by atoms with Crippen molar-refractivity contribution in [3.63, 3.8) is 0 Å². The lowest BCUT2D eigenvalue weighted by Gasteiger charge is -2.25. The van der Waals surface area contributed by atoms with Gasteiger partial charge in [-0.05, 0) is 54.8 Å². The molecular weight excluding hydrogens is 394 g/mol. The minimum absolute atomic E-state index is 0.0974. The average Bonchev–Trinajstić information content (AvgIpc) is 2.76. The van der Waals surface area contributed by atoms with Crippen molar-refractivity contribution in [1.82, 2.24) is 5.32 Å². The standard InChI is InChI=1S/C24H31N3O4/c1-5-31-24(30)19-8-12-21(13-9-19)27(16-17(2)3)23(29)15-26-22(28)14-18-6-10-20(25-4)11-7-18/h6-13,17,25H,5,14-16H2,1-4H3,(H,26,28). The van der Waals surface area contributed by atoms with Crippen LogP contribution in [0.25, 0.3) is 0 Å². The Morgan fingerprint density at radius 3 is 2.19 bits per heavy atom.